The van der Waals surface area contributed by atoms with Crippen LogP contribution in [0, 0.1) is 5.82 Å². The van der Waals surface area contributed by atoms with E-state index in [0.717, 1.165) is 0 Å². The molecule has 2 amide bonds. The fraction of sp³-hybridized carbons (Fsp3) is 0.353. The minimum atomic E-state index is -0.950. The lowest BCUT2D eigenvalue weighted by atomic mass is 9.97. The summed E-state index contributed by atoms with van der Waals surface area (Å²) in [5, 5.41) is 6.83. The van der Waals surface area contributed by atoms with Crippen molar-refractivity contribution in [2.75, 3.05) is 19.0 Å². The third kappa shape index (κ3) is 3.53. The van der Waals surface area contributed by atoms with Crippen molar-refractivity contribution in [1.82, 2.24) is 14.7 Å². The normalized spacial score (nSPS) is 20.6. The van der Waals surface area contributed by atoms with E-state index in [-0.39, 0.29) is 12.5 Å². The van der Waals surface area contributed by atoms with Gasteiger partial charge in [-0.05, 0) is 24.6 Å². The van der Waals surface area contributed by atoms with Crippen LogP contribution in [-0.4, -0.2) is 46.3 Å². The Morgan fingerprint density at radius 1 is 1.48 bits per heavy atom. The van der Waals surface area contributed by atoms with Crippen LogP contribution in [0.4, 0.5) is 10.1 Å². The number of aryl methyl sites for hydroxylation is 1. The smallest absolute Gasteiger partial charge is 0.256 e. The molecule has 0 unspecified atom stereocenters. The molecule has 1 aliphatic heterocycles. The molecule has 1 aromatic carbocycles. The van der Waals surface area contributed by atoms with Gasteiger partial charge < -0.3 is 15.0 Å². The van der Waals surface area contributed by atoms with Crippen LogP contribution in [0.1, 0.15) is 18.5 Å². The number of aromatic nitrogens is 2. The van der Waals surface area contributed by atoms with Gasteiger partial charge in [0.05, 0.1) is 17.9 Å². The highest BCUT2D eigenvalue weighted by Crippen LogP contribution is 2.30. The van der Waals surface area contributed by atoms with Gasteiger partial charge in [-0.3, -0.25) is 14.3 Å². The number of amides is 2. The molecule has 0 saturated carbocycles. The molecule has 8 heteroatoms. The summed E-state index contributed by atoms with van der Waals surface area (Å²) in [5.41, 5.74) is 1.04. The van der Waals surface area contributed by atoms with Crippen molar-refractivity contribution in [2.24, 2.45) is 0 Å². The summed E-state index contributed by atoms with van der Waals surface area (Å²) in [7, 11) is 1.58. The van der Waals surface area contributed by atoms with Crippen LogP contribution in [0.3, 0.4) is 0 Å². The Kier molecular flexibility index (Phi) is 4.80. The fourth-order valence-electron chi connectivity index (χ4n) is 2.83. The molecule has 25 heavy (non-hydrogen) atoms. The van der Waals surface area contributed by atoms with Crippen LogP contribution >= 0.6 is 0 Å². The van der Waals surface area contributed by atoms with E-state index in [0.29, 0.717) is 17.8 Å². The maximum atomic E-state index is 13.6. The number of rotatable bonds is 4. The van der Waals surface area contributed by atoms with Gasteiger partial charge in [0.15, 0.2) is 6.10 Å². The lowest BCUT2D eigenvalue weighted by Gasteiger charge is -2.38. The summed E-state index contributed by atoms with van der Waals surface area (Å²) in [6.45, 7) is 2.41. The molecule has 1 saturated heterocycles. The first-order chi connectivity index (χ1) is 12.0. The lowest BCUT2D eigenvalue weighted by molar-refractivity contribution is -0.160. The van der Waals surface area contributed by atoms with Crippen LogP contribution in [-0.2, 0) is 20.9 Å². The first-order valence-electron chi connectivity index (χ1n) is 7.95. The number of morpholine rings is 1. The minimum Gasteiger partial charge on any atom is -0.356 e. The average molecular weight is 346 g/mol. The summed E-state index contributed by atoms with van der Waals surface area (Å²) < 4.78 is 20.8. The minimum absolute atomic E-state index is 0.200. The first-order valence-corrected chi connectivity index (χ1v) is 7.95. The maximum Gasteiger partial charge on any atom is 0.256 e. The van der Waals surface area contributed by atoms with Gasteiger partial charge in [0.2, 0.25) is 5.91 Å². The molecule has 2 heterocycles. The first kappa shape index (κ1) is 17.1. The van der Waals surface area contributed by atoms with Crippen molar-refractivity contribution in [3.8, 4) is 0 Å². The Labute approximate surface area is 144 Å². The van der Waals surface area contributed by atoms with E-state index >= 15 is 0 Å². The van der Waals surface area contributed by atoms with Crippen molar-refractivity contribution in [2.45, 2.75) is 25.6 Å². The summed E-state index contributed by atoms with van der Waals surface area (Å²) in [4.78, 5) is 26.1. The topological polar surface area (TPSA) is 76.5 Å². The van der Waals surface area contributed by atoms with Gasteiger partial charge in [-0.25, -0.2) is 4.39 Å². The molecule has 1 aromatic heterocycles. The zero-order valence-corrected chi connectivity index (χ0v) is 14.0. The van der Waals surface area contributed by atoms with E-state index < -0.39 is 23.9 Å². The predicted octanol–water partition coefficient (Wildman–Crippen LogP) is 1.58. The summed E-state index contributed by atoms with van der Waals surface area (Å²) in [6.07, 6.45) is 2.29. The van der Waals surface area contributed by atoms with Crippen LogP contribution in [0.5, 0.6) is 0 Å². The number of anilines is 1. The van der Waals surface area contributed by atoms with Crippen LogP contribution in [0.2, 0.25) is 0 Å². The van der Waals surface area contributed by atoms with Crippen molar-refractivity contribution >= 4 is 17.5 Å². The van der Waals surface area contributed by atoms with E-state index in [1.165, 1.54) is 29.3 Å². The van der Waals surface area contributed by atoms with E-state index in [9.17, 15) is 14.0 Å². The highest BCUT2D eigenvalue weighted by Gasteiger charge is 2.40. The number of hydrogen-bond acceptors (Lipinski definition) is 4. The molecular formula is C17H19FN4O3. The standard InChI is InChI=1S/C17H19FN4O3/c1-3-22-9-13(8-19-22)20-17(24)16-15(21(2)14(23)10-25-16)11-5-4-6-12(18)7-11/h4-9,15-16H,3,10H2,1-2H3,(H,20,24)/t15-,16-/m1/s1. The molecule has 0 radical (unpaired) electrons. The average Bonchev–Trinajstić information content (AvgIpc) is 3.04. The largest absolute Gasteiger partial charge is 0.356 e. The number of likely N-dealkylation sites (N-methyl/N-ethyl adjacent to an activating group) is 1. The number of nitrogens with zero attached hydrogens (tertiary/aromatic N) is 3. The van der Waals surface area contributed by atoms with Crippen molar-refractivity contribution in [1.29, 1.82) is 0 Å². The van der Waals surface area contributed by atoms with Gasteiger partial charge in [0.25, 0.3) is 5.91 Å². The van der Waals surface area contributed by atoms with Gasteiger partial charge in [-0.1, -0.05) is 12.1 Å². The molecule has 1 fully saturated rings. The zero-order chi connectivity index (χ0) is 18.0. The summed E-state index contributed by atoms with van der Waals surface area (Å²) in [5.74, 6) is -1.12. The molecule has 132 valence electrons. The molecule has 7 nitrogen and oxygen atoms in total. The fourth-order valence-corrected chi connectivity index (χ4v) is 2.83. The highest BCUT2D eigenvalue weighted by atomic mass is 19.1. The third-order valence-corrected chi connectivity index (χ3v) is 4.16. The number of ether oxygens (including phenoxy) is 1. The molecular weight excluding hydrogens is 327 g/mol. The van der Waals surface area contributed by atoms with E-state index in [1.807, 2.05) is 6.92 Å². The van der Waals surface area contributed by atoms with Gasteiger partial charge >= 0.3 is 0 Å². The number of halogens is 1. The zero-order valence-electron chi connectivity index (χ0n) is 14.0. The molecule has 1 N–H and O–H groups in total. The second kappa shape index (κ2) is 7.02. The van der Waals surface area contributed by atoms with Crippen LogP contribution < -0.4 is 5.32 Å². The lowest BCUT2D eigenvalue weighted by Crippen LogP contribution is -2.51. The Morgan fingerprint density at radius 3 is 2.96 bits per heavy atom. The molecule has 1 aliphatic rings. The molecule has 0 bridgehead atoms. The van der Waals surface area contributed by atoms with Crippen molar-refractivity contribution in [3.63, 3.8) is 0 Å². The van der Waals surface area contributed by atoms with Crippen LogP contribution in [0.15, 0.2) is 36.7 Å². The number of benzene rings is 1. The second-order valence-corrected chi connectivity index (χ2v) is 5.81. The molecule has 0 spiro atoms. The van der Waals surface area contributed by atoms with Gasteiger partial charge in [-0.15, -0.1) is 0 Å². The molecule has 2 atom stereocenters. The number of carbonyl (C=O) groups is 2. The quantitative estimate of drug-likeness (QED) is 0.912. The van der Waals surface area contributed by atoms with Crippen molar-refractivity contribution < 1.29 is 18.7 Å². The monoisotopic (exact) mass is 346 g/mol. The Balaban J connectivity index is 1.86. The third-order valence-electron chi connectivity index (χ3n) is 4.16. The molecule has 3 rings (SSSR count). The van der Waals surface area contributed by atoms with E-state index in [4.69, 9.17) is 4.74 Å². The number of nitrogens with one attached hydrogen (secondary N) is 1. The van der Waals surface area contributed by atoms with E-state index in [2.05, 4.69) is 10.4 Å². The van der Waals surface area contributed by atoms with Gasteiger partial charge in [0, 0.05) is 19.8 Å². The van der Waals surface area contributed by atoms with Gasteiger partial charge in [-0.2, -0.15) is 5.10 Å². The second-order valence-electron chi connectivity index (χ2n) is 5.81. The summed E-state index contributed by atoms with van der Waals surface area (Å²) >= 11 is 0. The van der Waals surface area contributed by atoms with Crippen molar-refractivity contribution in [3.05, 3.63) is 48.0 Å². The Hall–Kier alpha value is -2.74. The van der Waals surface area contributed by atoms with E-state index in [1.54, 1.807) is 24.0 Å². The van der Waals surface area contributed by atoms with Gasteiger partial charge in [0.1, 0.15) is 12.4 Å². The number of carbonyl (C=O) groups excluding carboxylic acids is 2. The predicted molar refractivity (Wildman–Crippen MR) is 88.2 cm³/mol. The maximum absolute atomic E-state index is 13.6. The van der Waals surface area contributed by atoms with Crippen LogP contribution in [0.25, 0.3) is 0 Å². The SMILES string of the molecule is CCn1cc(NC(=O)[C@@H]2OCC(=O)N(C)[C@@H]2c2cccc(F)c2)cn1. The summed E-state index contributed by atoms with van der Waals surface area (Å²) in [6, 6.07) is 5.11. The highest BCUT2D eigenvalue weighted by molar-refractivity contribution is 5.96. The molecule has 2 aromatic rings. The Morgan fingerprint density at radius 2 is 2.28 bits per heavy atom. The molecule has 0 aliphatic carbocycles. The number of hydrogen-bond donors (Lipinski definition) is 1. The Bertz CT molecular complexity index is 792.